The van der Waals surface area contributed by atoms with Gasteiger partial charge in [-0.15, -0.1) is 0 Å². The van der Waals surface area contributed by atoms with Gasteiger partial charge in [0.1, 0.15) is 4.90 Å². The van der Waals surface area contributed by atoms with Crippen LogP contribution in [0.5, 0.6) is 0 Å². The molecule has 0 unspecified atom stereocenters. The van der Waals surface area contributed by atoms with Crippen LogP contribution in [0.3, 0.4) is 0 Å². The van der Waals surface area contributed by atoms with Gasteiger partial charge in [0.05, 0.1) is 59.5 Å². The number of nitrogens with zero attached hydrogens (tertiary/aromatic N) is 10. The zero-order valence-electron chi connectivity index (χ0n) is 67.1. The van der Waals surface area contributed by atoms with Crippen molar-refractivity contribution < 1.29 is 38.6 Å². The summed E-state index contributed by atoms with van der Waals surface area (Å²) >= 11 is 17.7. The van der Waals surface area contributed by atoms with Gasteiger partial charge >= 0.3 is 0 Å². The first-order valence-electron chi connectivity index (χ1n) is 39.1. The predicted octanol–water partition coefficient (Wildman–Crippen LogP) is 16.7. The number of likely N-dealkylation sites (tertiary alicyclic amines) is 2. The molecule has 0 radical (unpaired) electrons. The van der Waals surface area contributed by atoms with Crippen molar-refractivity contribution in [2.75, 3.05) is 105 Å². The first kappa shape index (κ1) is 92.4. The molecule has 5 aliphatic heterocycles. The van der Waals surface area contributed by atoms with Crippen LogP contribution in [0, 0.1) is 85.7 Å². The molecule has 0 bridgehead atoms. The lowest BCUT2D eigenvalue weighted by atomic mass is 10.1. The summed E-state index contributed by atoms with van der Waals surface area (Å²) in [5.74, 6) is 0. The molecule has 32 heteroatoms. The van der Waals surface area contributed by atoms with Gasteiger partial charge in [0.2, 0.25) is 40.1 Å². The number of sulfonamides is 4. The number of hydrogen-bond acceptors (Lipinski definition) is 21. The summed E-state index contributed by atoms with van der Waals surface area (Å²) in [6.07, 6.45) is 8.27. The zero-order chi connectivity index (χ0) is 84.4. The molecule has 117 heavy (non-hydrogen) atoms. The fourth-order valence-corrected chi connectivity index (χ4v) is 26.3. The van der Waals surface area contributed by atoms with E-state index >= 15 is 0 Å². The first-order valence-corrected chi connectivity index (χ1v) is 48.9. The lowest BCUT2D eigenvalue weighted by Crippen LogP contribution is -2.46. The summed E-state index contributed by atoms with van der Waals surface area (Å²) in [6.45, 7) is 27.2. The van der Waals surface area contributed by atoms with Gasteiger partial charge in [-0.05, 0) is 263 Å². The number of hydrogen-bond donors (Lipinski definition) is 2. The maximum absolute atomic E-state index is 13.6. The number of benzene rings is 8. The van der Waals surface area contributed by atoms with Gasteiger partial charge in [-0.3, -0.25) is 10.1 Å². The number of nitro groups is 1. The maximum Gasteiger partial charge on any atom is 0.270 e. The minimum absolute atomic E-state index is 0.0252. The van der Waals surface area contributed by atoms with Crippen LogP contribution in [0.4, 0.5) is 5.69 Å². The fraction of sp³-hybridized carbons (Fsp3) is 0.400. The highest BCUT2D eigenvalue weighted by atomic mass is 35.5. The number of piperidine rings is 2. The molecular weight excluding hydrogens is 1680 g/mol. The summed E-state index contributed by atoms with van der Waals surface area (Å²) in [4.78, 5) is 24.5. The van der Waals surface area contributed by atoms with E-state index in [0.29, 0.717) is 129 Å². The molecule has 5 fully saturated rings. The average Bonchev–Trinajstić information content (AvgIpc) is 1.32. The Morgan fingerprint density at radius 2 is 0.812 bits per heavy atom. The van der Waals surface area contributed by atoms with Crippen molar-refractivity contribution in [3.63, 3.8) is 0 Å². The molecule has 8 aromatic rings. The third-order valence-corrected chi connectivity index (χ3v) is 34.5. The molecule has 13 rings (SSSR count). The number of non-ortho nitro benzene ring substituents is 1. The van der Waals surface area contributed by atoms with E-state index in [1.54, 1.807) is 65.0 Å². The highest BCUT2D eigenvalue weighted by Crippen LogP contribution is 2.43. The van der Waals surface area contributed by atoms with Crippen LogP contribution >= 0.6 is 70.2 Å². The molecule has 2 N–H and O–H groups in total. The molecule has 0 amide bonds. The Balaban J connectivity index is 0.000000165. The largest absolute Gasteiger partial charge is 0.314 e. The Labute approximate surface area is 718 Å². The Hall–Kier alpha value is -6.91. The van der Waals surface area contributed by atoms with Crippen LogP contribution in [-0.4, -0.2) is 183 Å². The lowest BCUT2D eigenvalue weighted by molar-refractivity contribution is -0.385. The molecular formula is C85H100Cl2N12O10S8. The Bertz CT molecular complexity index is 5480. The van der Waals surface area contributed by atoms with E-state index in [1.807, 2.05) is 104 Å². The van der Waals surface area contributed by atoms with E-state index in [9.17, 15) is 59.6 Å². The Kier molecular flexibility index (Phi) is 33.6. The van der Waals surface area contributed by atoms with Crippen LogP contribution in [0.1, 0.15) is 115 Å². The van der Waals surface area contributed by atoms with E-state index in [0.717, 1.165) is 113 Å². The number of piperazine rings is 1. The van der Waals surface area contributed by atoms with Crippen molar-refractivity contribution >= 4 is 116 Å². The van der Waals surface area contributed by atoms with Crippen molar-refractivity contribution in [3.05, 3.63) is 216 Å². The third-order valence-electron chi connectivity index (χ3n) is 21.2. The number of nitrogens with one attached hydrogen (secondary N) is 2. The van der Waals surface area contributed by atoms with Crippen LogP contribution < -0.4 is 10.0 Å². The summed E-state index contributed by atoms with van der Waals surface area (Å²) in [7, 11) is -15.0. The first-order chi connectivity index (χ1) is 55.8. The predicted molar refractivity (Wildman–Crippen MR) is 467 cm³/mol. The molecule has 0 saturated carbocycles. The molecule has 0 aliphatic carbocycles. The SMILES string of the molecule is CCN(CC)CCNS(=O)(=O)c1cc(C#N)ccc1Sc1cc(C)ccc1C.Cc1ccc(C)c(Sc2ccc(C#N)cc2S(=O)(=O)N2CCC(N3CCCC3)CC2)c1.Cc1ccc(C)c(Sc2ccc([N+](=O)[O-])cc2S(=O)(=O)N2CCC(N3CCCC3)CC2)c1.N#Cc1ccc(Sc2cc(Cl)ccc2Cl)c(S(=O)(=O)N2CCNCC2)c1. The molecule has 0 spiro atoms. The van der Waals surface area contributed by atoms with Crippen molar-refractivity contribution in [1.82, 2.24) is 37.7 Å². The highest BCUT2D eigenvalue weighted by molar-refractivity contribution is 8.01. The number of nitro benzene ring substituents is 1. The Morgan fingerprint density at radius 1 is 0.453 bits per heavy atom. The van der Waals surface area contributed by atoms with Crippen LogP contribution in [0.15, 0.2) is 204 Å². The van der Waals surface area contributed by atoms with Gasteiger partial charge in [-0.25, -0.2) is 38.4 Å². The van der Waals surface area contributed by atoms with E-state index in [4.69, 9.17) is 23.2 Å². The van der Waals surface area contributed by atoms with Gasteiger partial charge in [-0.1, -0.05) is 120 Å². The molecule has 5 saturated heterocycles. The maximum atomic E-state index is 13.6. The third kappa shape index (κ3) is 24.5. The van der Waals surface area contributed by atoms with E-state index in [2.05, 4.69) is 49.0 Å². The topological polar surface area (TPSA) is 295 Å². The quantitative estimate of drug-likeness (QED) is 0.0419. The summed E-state index contributed by atoms with van der Waals surface area (Å²) in [5, 5.41) is 43.3. The summed E-state index contributed by atoms with van der Waals surface area (Å²) in [5.41, 5.74) is 7.33. The molecule has 0 aromatic heterocycles. The van der Waals surface area contributed by atoms with E-state index < -0.39 is 45.0 Å². The average molecular weight is 1780 g/mol. The highest BCUT2D eigenvalue weighted by Gasteiger charge is 2.38. The second-order valence-electron chi connectivity index (χ2n) is 29.3. The minimum atomic E-state index is -3.85. The molecule has 22 nitrogen and oxygen atoms in total. The number of nitriles is 3. The molecule has 5 aliphatic rings. The van der Waals surface area contributed by atoms with Gasteiger partial charge in [0.25, 0.3) is 5.69 Å². The van der Waals surface area contributed by atoms with Crippen molar-refractivity contribution in [2.24, 2.45) is 0 Å². The lowest BCUT2D eigenvalue weighted by Gasteiger charge is -2.36. The van der Waals surface area contributed by atoms with Gasteiger partial charge in [0.15, 0.2) is 0 Å². The van der Waals surface area contributed by atoms with Crippen LogP contribution in [0.25, 0.3) is 0 Å². The van der Waals surface area contributed by atoms with E-state index in [-0.39, 0.29) is 25.3 Å². The van der Waals surface area contributed by atoms with E-state index in [1.165, 1.54) is 112 Å². The van der Waals surface area contributed by atoms with Crippen molar-refractivity contribution in [1.29, 1.82) is 15.8 Å². The van der Waals surface area contributed by atoms with Gasteiger partial charge in [-0.2, -0.15) is 28.7 Å². The van der Waals surface area contributed by atoms with Gasteiger partial charge < -0.3 is 20.0 Å². The number of rotatable bonds is 24. The minimum Gasteiger partial charge on any atom is -0.314 e. The van der Waals surface area contributed by atoms with Crippen LogP contribution in [-0.2, 0) is 40.1 Å². The second-order valence-corrected chi connectivity index (χ2v) is 42.0. The summed E-state index contributed by atoms with van der Waals surface area (Å²) < 4.78 is 114. The molecule has 8 aromatic carbocycles. The smallest absolute Gasteiger partial charge is 0.270 e. The second kappa shape index (κ2) is 42.5. The monoisotopic (exact) mass is 1770 g/mol. The van der Waals surface area contributed by atoms with Crippen LogP contribution in [0.2, 0.25) is 10.0 Å². The fourth-order valence-electron chi connectivity index (χ4n) is 14.3. The van der Waals surface area contributed by atoms with Gasteiger partial charge in [0, 0.05) is 134 Å². The standard InChI is InChI=1S/C24H29N3O2S2.C23H29N3O4S2.C21H27N3O2S2.C17H15Cl2N3O2S2/c1-18-5-6-19(2)23(15-18)30-22-8-7-20(17-25)16-24(22)31(28,29)27-13-9-21(10-14-27)26-11-3-4-12-26;1-17-5-6-18(2)22(15-17)31-21-8-7-20(26(27)28)16-23(21)32(29,30)25-13-9-19(10-14-25)24-11-3-4-12-24;1-5-24(6-2)12-11-23-28(25,26)21-14-18(15-22)9-10-19(21)27-20-13-16(3)7-8-17(20)4;18-13-2-3-14(19)16(10-13)25-15-4-1-12(11-20)9-17(15)26(23,24)22-7-5-21-6-8-22/h5-8,15-16,21H,3-4,9-14H2,1-2H3;5-8,15-16,19H,3-4,9-14H2,1-2H3;7-10,13-14,23H,5-6,11-12H2,1-4H3;1-4,9-10,21H,5-8H2. The Morgan fingerprint density at radius 3 is 1.20 bits per heavy atom. The zero-order valence-corrected chi connectivity index (χ0v) is 75.1. The molecule has 5 heterocycles. The summed E-state index contributed by atoms with van der Waals surface area (Å²) in [6, 6.07) is 49.0. The normalized spacial score (nSPS) is 16.4. The molecule has 0 atom stereocenters. The number of likely N-dealkylation sites (N-methyl/N-ethyl adjacent to an activating group) is 1. The van der Waals surface area contributed by atoms with Crippen molar-refractivity contribution in [3.8, 4) is 18.2 Å². The number of aryl methyl sites for hydroxylation is 6. The van der Waals surface area contributed by atoms with Crippen molar-refractivity contribution in [2.45, 2.75) is 178 Å². The number of halogens is 2. The molecule has 622 valence electrons.